The minimum Gasteiger partial charge on any atom is -0.333 e. The van der Waals surface area contributed by atoms with Crippen molar-refractivity contribution >= 4 is 12.2 Å². The molecule has 1 fully saturated rings. The average molecular weight is 211 g/mol. The van der Waals surface area contributed by atoms with Gasteiger partial charge in [0.15, 0.2) is 0 Å². The summed E-state index contributed by atoms with van der Waals surface area (Å²) in [7, 11) is 0. The van der Waals surface area contributed by atoms with Crippen molar-refractivity contribution in [3.8, 4) is 0 Å². The van der Waals surface area contributed by atoms with E-state index in [9.17, 15) is 9.59 Å². The monoisotopic (exact) mass is 211 g/mol. The summed E-state index contributed by atoms with van der Waals surface area (Å²) in [6, 6.07) is -0.154. The molecule has 86 valence electrons. The van der Waals surface area contributed by atoms with E-state index in [1.165, 1.54) is 0 Å². The number of rotatable bonds is 4. The Morgan fingerprint density at radius 3 is 2.80 bits per heavy atom. The zero-order valence-corrected chi connectivity index (χ0v) is 9.74. The number of nitrogens with zero attached hydrogens (tertiary/aromatic N) is 1. The van der Waals surface area contributed by atoms with E-state index in [4.69, 9.17) is 0 Å². The van der Waals surface area contributed by atoms with Gasteiger partial charge in [-0.05, 0) is 31.6 Å². The first-order valence-electron chi connectivity index (χ1n) is 5.90. The second-order valence-corrected chi connectivity index (χ2v) is 4.72. The number of carbonyl (C=O) groups excluding carboxylic acids is 2. The summed E-state index contributed by atoms with van der Waals surface area (Å²) in [6.07, 6.45) is 5.38. The Balaban J connectivity index is 2.44. The number of hydrogen-bond donors (Lipinski definition) is 0. The molecule has 1 heterocycles. The number of likely N-dealkylation sites (tertiary alicyclic amines) is 1. The number of amides is 1. The van der Waals surface area contributed by atoms with Crippen LogP contribution in [0.1, 0.15) is 46.0 Å². The van der Waals surface area contributed by atoms with Gasteiger partial charge in [0.25, 0.3) is 0 Å². The average Bonchev–Trinajstić information content (AvgIpc) is 2.25. The van der Waals surface area contributed by atoms with Gasteiger partial charge in [0, 0.05) is 13.0 Å². The molecule has 1 atom stereocenters. The normalized spacial score (nSPS) is 21.8. The van der Waals surface area contributed by atoms with Crippen LogP contribution in [0.5, 0.6) is 0 Å². The van der Waals surface area contributed by atoms with Crippen LogP contribution in [0, 0.1) is 5.92 Å². The first-order valence-corrected chi connectivity index (χ1v) is 5.90. The molecule has 15 heavy (non-hydrogen) atoms. The van der Waals surface area contributed by atoms with Gasteiger partial charge in [-0.2, -0.15) is 0 Å². The lowest BCUT2D eigenvalue weighted by Gasteiger charge is -2.32. The van der Waals surface area contributed by atoms with Gasteiger partial charge in [-0.3, -0.25) is 4.79 Å². The van der Waals surface area contributed by atoms with Crippen molar-refractivity contribution in [2.45, 2.75) is 52.0 Å². The van der Waals surface area contributed by atoms with Gasteiger partial charge in [-0.1, -0.05) is 13.8 Å². The molecule has 1 unspecified atom stereocenters. The summed E-state index contributed by atoms with van der Waals surface area (Å²) in [5.74, 6) is 0.703. The minimum absolute atomic E-state index is 0.153. The third-order valence-corrected chi connectivity index (χ3v) is 2.96. The highest BCUT2D eigenvalue weighted by Gasteiger charge is 2.25. The van der Waals surface area contributed by atoms with E-state index in [2.05, 4.69) is 13.8 Å². The van der Waals surface area contributed by atoms with Gasteiger partial charge in [0.2, 0.25) is 5.91 Å². The van der Waals surface area contributed by atoms with Crippen molar-refractivity contribution in [1.82, 2.24) is 4.90 Å². The first-order chi connectivity index (χ1) is 7.15. The minimum atomic E-state index is -0.154. The van der Waals surface area contributed by atoms with E-state index in [0.29, 0.717) is 12.3 Å². The fourth-order valence-corrected chi connectivity index (χ4v) is 1.96. The van der Waals surface area contributed by atoms with Crippen molar-refractivity contribution in [2.75, 3.05) is 6.54 Å². The zero-order valence-electron chi connectivity index (χ0n) is 9.74. The predicted molar refractivity (Wildman–Crippen MR) is 59.5 cm³/mol. The number of carbonyl (C=O) groups is 2. The van der Waals surface area contributed by atoms with Crippen molar-refractivity contribution < 1.29 is 9.59 Å². The fourth-order valence-electron chi connectivity index (χ4n) is 1.96. The zero-order chi connectivity index (χ0) is 11.3. The van der Waals surface area contributed by atoms with Gasteiger partial charge in [-0.15, -0.1) is 0 Å². The smallest absolute Gasteiger partial charge is 0.223 e. The summed E-state index contributed by atoms with van der Waals surface area (Å²) in [6.45, 7) is 4.99. The van der Waals surface area contributed by atoms with Crippen LogP contribution in [0.3, 0.4) is 0 Å². The SMILES string of the molecule is CC(C)CCC(=O)N1CCCCC1C=O. The third-order valence-electron chi connectivity index (χ3n) is 2.96. The maximum Gasteiger partial charge on any atom is 0.223 e. The highest BCUT2D eigenvalue weighted by molar-refractivity contribution is 5.80. The number of hydrogen-bond acceptors (Lipinski definition) is 2. The standard InChI is InChI=1S/C12H21NO2/c1-10(2)6-7-12(15)13-8-4-3-5-11(13)9-14/h9-11H,3-8H2,1-2H3. The molecule has 0 aromatic carbocycles. The third kappa shape index (κ3) is 3.65. The Bertz CT molecular complexity index is 226. The van der Waals surface area contributed by atoms with Gasteiger partial charge in [-0.25, -0.2) is 0 Å². The van der Waals surface area contributed by atoms with Crippen LogP contribution in [-0.4, -0.2) is 29.7 Å². The molecule has 1 saturated heterocycles. The molecule has 0 spiro atoms. The lowest BCUT2D eigenvalue weighted by Crippen LogP contribution is -2.44. The van der Waals surface area contributed by atoms with Crippen molar-refractivity contribution in [1.29, 1.82) is 0 Å². The topological polar surface area (TPSA) is 37.4 Å². The number of piperidine rings is 1. The Labute approximate surface area is 91.8 Å². The summed E-state index contributed by atoms with van der Waals surface area (Å²) in [5.41, 5.74) is 0. The van der Waals surface area contributed by atoms with E-state index < -0.39 is 0 Å². The molecule has 1 aliphatic rings. The lowest BCUT2D eigenvalue weighted by molar-refractivity contribution is -0.138. The maximum absolute atomic E-state index is 11.8. The molecule has 0 radical (unpaired) electrons. The summed E-state index contributed by atoms with van der Waals surface area (Å²) in [4.78, 5) is 24.4. The molecule has 0 aromatic rings. The Morgan fingerprint density at radius 1 is 1.47 bits per heavy atom. The van der Waals surface area contributed by atoms with Crippen LogP contribution in [-0.2, 0) is 9.59 Å². The van der Waals surface area contributed by atoms with E-state index >= 15 is 0 Å². The van der Waals surface area contributed by atoms with Gasteiger partial charge >= 0.3 is 0 Å². The second kappa shape index (κ2) is 5.89. The molecule has 0 aliphatic carbocycles. The second-order valence-electron chi connectivity index (χ2n) is 4.72. The van der Waals surface area contributed by atoms with E-state index in [1.807, 2.05) is 0 Å². The van der Waals surface area contributed by atoms with Crippen molar-refractivity contribution in [2.24, 2.45) is 5.92 Å². The molecule has 0 bridgehead atoms. The maximum atomic E-state index is 11.8. The molecule has 1 aliphatic heterocycles. The Kier molecular flexibility index (Phi) is 4.79. The van der Waals surface area contributed by atoms with Crippen LogP contribution in [0.2, 0.25) is 0 Å². The molecule has 1 amide bonds. The Morgan fingerprint density at radius 2 is 2.20 bits per heavy atom. The molecular weight excluding hydrogens is 190 g/mol. The summed E-state index contributed by atoms with van der Waals surface area (Å²) < 4.78 is 0. The van der Waals surface area contributed by atoms with Gasteiger partial charge in [0.05, 0.1) is 6.04 Å². The van der Waals surface area contributed by atoms with Crippen LogP contribution in [0.4, 0.5) is 0 Å². The van der Waals surface area contributed by atoms with Crippen LogP contribution in [0.25, 0.3) is 0 Å². The fraction of sp³-hybridized carbons (Fsp3) is 0.833. The van der Waals surface area contributed by atoms with E-state index in [1.54, 1.807) is 4.90 Å². The van der Waals surface area contributed by atoms with E-state index in [0.717, 1.165) is 38.5 Å². The van der Waals surface area contributed by atoms with Crippen molar-refractivity contribution in [3.63, 3.8) is 0 Å². The van der Waals surface area contributed by atoms with E-state index in [-0.39, 0.29) is 11.9 Å². The van der Waals surface area contributed by atoms with Crippen molar-refractivity contribution in [3.05, 3.63) is 0 Å². The molecule has 0 N–H and O–H groups in total. The summed E-state index contributed by atoms with van der Waals surface area (Å²) in [5, 5.41) is 0. The molecule has 0 aromatic heterocycles. The van der Waals surface area contributed by atoms with Gasteiger partial charge in [0.1, 0.15) is 6.29 Å². The molecule has 0 saturated carbocycles. The highest BCUT2D eigenvalue weighted by Crippen LogP contribution is 2.17. The molecule has 3 heteroatoms. The number of aldehydes is 1. The van der Waals surface area contributed by atoms with Gasteiger partial charge < -0.3 is 9.69 Å². The van der Waals surface area contributed by atoms with Crippen LogP contribution >= 0.6 is 0 Å². The van der Waals surface area contributed by atoms with Crippen LogP contribution < -0.4 is 0 Å². The molecule has 1 rings (SSSR count). The molecular formula is C12H21NO2. The Hall–Kier alpha value is -0.860. The highest BCUT2D eigenvalue weighted by atomic mass is 16.2. The molecule has 3 nitrogen and oxygen atoms in total. The predicted octanol–water partition coefficient (Wildman–Crippen LogP) is 2.00. The largest absolute Gasteiger partial charge is 0.333 e. The first kappa shape index (κ1) is 12.2. The lowest BCUT2D eigenvalue weighted by atomic mass is 10.0. The quantitative estimate of drug-likeness (QED) is 0.667. The van der Waals surface area contributed by atoms with Crippen LogP contribution in [0.15, 0.2) is 0 Å². The summed E-state index contributed by atoms with van der Waals surface area (Å²) >= 11 is 0.